The minimum Gasteiger partial charge on any atom is -0.760 e. The second-order valence-electron chi connectivity index (χ2n) is 5.45. The molecule has 0 radical (unpaired) electrons. The highest BCUT2D eigenvalue weighted by molar-refractivity contribution is 7.98. The number of hydrogen-bond acceptors (Lipinski definition) is 5. The first-order valence-corrected chi connectivity index (χ1v) is 8.66. The molecule has 118 valence electrons. The van der Waals surface area contributed by atoms with E-state index >= 15 is 0 Å². The molecule has 0 bridgehead atoms. The van der Waals surface area contributed by atoms with E-state index in [1.807, 2.05) is 30.5 Å². The summed E-state index contributed by atoms with van der Waals surface area (Å²) in [5.74, 6) is -0.563. The Morgan fingerprint density at radius 1 is 1.33 bits per heavy atom. The molecule has 0 saturated carbocycles. The van der Waals surface area contributed by atoms with E-state index in [2.05, 4.69) is 0 Å². The first-order valence-electron chi connectivity index (χ1n) is 6.40. The molecule has 0 N–H and O–H groups in total. The van der Waals surface area contributed by atoms with Crippen molar-refractivity contribution < 1.29 is 18.3 Å². The predicted octanol–water partition coefficient (Wildman–Crippen LogP) is 2.35. The third kappa shape index (κ3) is 7.08. The largest absolute Gasteiger partial charge is 0.760 e. The number of rotatable bonds is 6. The Hall–Kier alpha value is -0.890. The summed E-state index contributed by atoms with van der Waals surface area (Å²) in [6.45, 7) is 5.07. The summed E-state index contributed by atoms with van der Waals surface area (Å²) in [6.07, 6.45) is 1.97. The van der Waals surface area contributed by atoms with E-state index in [-0.39, 0.29) is 13.1 Å². The van der Waals surface area contributed by atoms with Gasteiger partial charge >= 0.3 is 5.97 Å². The fourth-order valence-electron chi connectivity index (χ4n) is 1.61. The van der Waals surface area contributed by atoms with Crippen molar-refractivity contribution in [2.24, 2.45) is 0 Å². The molecule has 1 aromatic rings. The minimum absolute atomic E-state index is 0.143. The van der Waals surface area contributed by atoms with Gasteiger partial charge in [0.25, 0.3) is 0 Å². The normalized spacial score (nSPS) is 13.2. The smallest absolute Gasteiger partial charge is 0.321 e. The van der Waals surface area contributed by atoms with Crippen LogP contribution in [0.15, 0.2) is 29.2 Å². The second kappa shape index (κ2) is 7.93. The topological polar surface area (TPSA) is 69.7 Å². The van der Waals surface area contributed by atoms with Crippen molar-refractivity contribution >= 4 is 29.0 Å². The molecule has 0 aliphatic heterocycles. The highest BCUT2D eigenvalue weighted by atomic mass is 32.2. The summed E-state index contributed by atoms with van der Waals surface area (Å²) in [4.78, 5) is 12.8. The number of ether oxygens (including phenoxy) is 1. The SMILES string of the molecule is CSc1ccc(CN(CC(=O)OC(C)(C)C)S(=O)[O-])cc1. The average molecular weight is 330 g/mol. The third-order valence-corrected chi connectivity index (χ3v) is 3.88. The molecule has 0 aromatic heterocycles. The number of benzene rings is 1. The van der Waals surface area contributed by atoms with Gasteiger partial charge in [-0.3, -0.25) is 9.00 Å². The number of esters is 1. The first-order chi connectivity index (χ1) is 9.71. The second-order valence-corrected chi connectivity index (χ2v) is 7.28. The zero-order chi connectivity index (χ0) is 16.0. The van der Waals surface area contributed by atoms with Crippen LogP contribution >= 0.6 is 11.8 Å². The quantitative estimate of drug-likeness (QED) is 0.455. The Kier molecular flexibility index (Phi) is 6.86. The van der Waals surface area contributed by atoms with E-state index in [0.717, 1.165) is 14.8 Å². The van der Waals surface area contributed by atoms with Gasteiger partial charge in [-0.05, 0) is 44.7 Å². The molecule has 0 saturated heterocycles. The molecular formula is C14H20NO4S2-. The molecule has 0 spiro atoms. The fraction of sp³-hybridized carbons (Fsp3) is 0.500. The van der Waals surface area contributed by atoms with E-state index in [9.17, 15) is 13.6 Å². The van der Waals surface area contributed by atoms with Crippen molar-refractivity contribution in [1.29, 1.82) is 0 Å². The van der Waals surface area contributed by atoms with Crippen molar-refractivity contribution in [1.82, 2.24) is 4.31 Å². The average Bonchev–Trinajstić information content (AvgIpc) is 2.36. The Morgan fingerprint density at radius 3 is 2.33 bits per heavy atom. The summed E-state index contributed by atoms with van der Waals surface area (Å²) in [7, 11) is 0. The van der Waals surface area contributed by atoms with Crippen LogP contribution in [0, 0.1) is 0 Å². The predicted molar refractivity (Wildman–Crippen MR) is 83.4 cm³/mol. The van der Waals surface area contributed by atoms with E-state index in [1.165, 1.54) is 0 Å². The zero-order valence-electron chi connectivity index (χ0n) is 12.6. The molecule has 0 amide bonds. The maximum Gasteiger partial charge on any atom is 0.321 e. The van der Waals surface area contributed by atoms with Gasteiger partial charge in [-0.1, -0.05) is 12.1 Å². The van der Waals surface area contributed by atoms with Crippen molar-refractivity contribution in [3.05, 3.63) is 29.8 Å². The molecule has 21 heavy (non-hydrogen) atoms. The molecule has 0 heterocycles. The minimum atomic E-state index is -2.48. The zero-order valence-corrected chi connectivity index (χ0v) is 14.3. The monoisotopic (exact) mass is 330 g/mol. The highest BCUT2D eigenvalue weighted by Crippen LogP contribution is 2.16. The van der Waals surface area contributed by atoms with Crippen molar-refractivity contribution in [2.45, 2.75) is 37.8 Å². The Bertz CT molecular complexity index is 497. The van der Waals surface area contributed by atoms with Crippen molar-refractivity contribution in [2.75, 3.05) is 12.8 Å². The van der Waals surface area contributed by atoms with E-state index in [0.29, 0.717) is 0 Å². The molecule has 1 rings (SSSR count). The lowest BCUT2D eigenvalue weighted by Gasteiger charge is -2.26. The lowest BCUT2D eigenvalue weighted by atomic mass is 10.2. The van der Waals surface area contributed by atoms with Gasteiger partial charge in [-0.25, -0.2) is 4.31 Å². The summed E-state index contributed by atoms with van der Waals surface area (Å²) < 4.78 is 28.7. The van der Waals surface area contributed by atoms with E-state index < -0.39 is 22.8 Å². The standard InChI is InChI=1S/C14H21NO4S2/c1-14(2,3)19-13(16)10-15(21(17)18)9-11-5-7-12(20-4)8-6-11/h5-8H,9-10H2,1-4H3,(H,17,18)/p-1. The Morgan fingerprint density at radius 2 is 1.90 bits per heavy atom. The van der Waals surface area contributed by atoms with Crippen LogP contribution in [-0.4, -0.2) is 37.4 Å². The van der Waals surface area contributed by atoms with Crippen LogP contribution in [0.3, 0.4) is 0 Å². The number of nitrogens with zero attached hydrogens (tertiary/aromatic N) is 1. The molecule has 1 atom stereocenters. The summed E-state index contributed by atoms with van der Waals surface area (Å²) in [6, 6.07) is 7.53. The van der Waals surface area contributed by atoms with Crippen molar-refractivity contribution in [3.63, 3.8) is 0 Å². The molecule has 7 heteroatoms. The van der Waals surface area contributed by atoms with Gasteiger partial charge in [-0.15, -0.1) is 11.8 Å². The third-order valence-electron chi connectivity index (χ3n) is 2.45. The van der Waals surface area contributed by atoms with E-state index in [1.54, 1.807) is 32.5 Å². The van der Waals surface area contributed by atoms with Gasteiger partial charge in [0.2, 0.25) is 0 Å². The van der Waals surface area contributed by atoms with Crippen LogP contribution in [-0.2, 0) is 27.3 Å². The maximum atomic E-state index is 11.7. The van der Waals surface area contributed by atoms with Crippen LogP contribution in [0.25, 0.3) is 0 Å². The molecule has 0 aliphatic rings. The van der Waals surface area contributed by atoms with Gasteiger partial charge in [0.05, 0.1) is 0 Å². The highest BCUT2D eigenvalue weighted by Gasteiger charge is 2.19. The molecular weight excluding hydrogens is 310 g/mol. The fourth-order valence-corrected chi connectivity index (χ4v) is 2.49. The first kappa shape index (κ1) is 18.2. The Labute approximate surface area is 132 Å². The molecule has 0 aliphatic carbocycles. The van der Waals surface area contributed by atoms with Crippen LogP contribution < -0.4 is 0 Å². The summed E-state index contributed by atoms with van der Waals surface area (Å²) in [5, 5.41) is 0. The van der Waals surface area contributed by atoms with Crippen LogP contribution in [0.4, 0.5) is 0 Å². The van der Waals surface area contributed by atoms with Crippen LogP contribution in [0.2, 0.25) is 0 Å². The summed E-state index contributed by atoms with van der Waals surface area (Å²) >= 11 is -0.872. The molecule has 5 nitrogen and oxygen atoms in total. The molecule has 1 aromatic carbocycles. The number of hydrogen-bond donors (Lipinski definition) is 0. The number of carbonyl (C=O) groups is 1. The van der Waals surface area contributed by atoms with Gasteiger partial charge in [-0.2, -0.15) is 0 Å². The molecule has 1 unspecified atom stereocenters. The van der Waals surface area contributed by atoms with Crippen molar-refractivity contribution in [3.8, 4) is 0 Å². The van der Waals surface area contributed by atoms with Gasteiger partial charge in [0.15, 0.2) is 0 Å². The Balaban J connectivity index is 2.69. The van der Waals surface area contributed by atoms with Crippen LogP contribution in [0.5, 0.6) is 0 Å². The summed E-state index contributed by atoms with van der Waals surface area (Å²) in [5.41, 5.74) is 0.188. The van der Waals surface area contributed by atoms with Gasteiger partial charge in [0.1, 0.15) is 12.1 Å². The van der Waals surface area contributed by atoms with E-state index in [4.69, 9.17) is 4.74 Å². The van der Waals surface area contributed by atoms with Crippen LogP contribution in [0.1, 0.15) is 26.3 Å². The maximum absolute atomic E-state index is 11.7. The lowest BCUT2D eigenvalue weighted by Crippen LogP contribution is -2.35. The number of thioether (sulfide) groups is 1. The van der Waals surface area contributed by atoms with Gasteiger partial charge < -0.3 is 9.29 Å². The lowest BCUT2D eigenvalue weighted by molar-refractivity contribution is -0.155. The van der Waals surface area contributed by atoms with Gasteiger partial charge in [0, 0.05) is 22.7 Å². The molecule has 0 fully saturated rings. The number of carbonyl (C=O) groups excluding carboxylic acids is 1.